The summed E-state index contributed by atoms with van der Waals surface area (Å²) in [7, 11) is 3.61. The van der Waals surface area contributed by atoms with Crippen molar-refractivity contribution < 1.29 is 4.79 Å². The Hall–Kier alpha value is -2.02. The van der Waals surface area contributed by atoms with Crippen LogP contribution < -0.4 is 4.90 Å². The van der Waals surface area contributed by atoms with Crippen LogP contribution in [0.25, 0.3) is 0 Å². The smallest absolute Gasteiger partial charge is 0.242 e. The highest BCUT2D eigenvalue weighted by Gasteiger charge is 2.15. The van der Waals surface area contributed by atoms with Crippen LogP contribution in [0.1, 0.15) is 19.4 Å². The summed E-state index contributed by atoms with van der Waals surface area (Å²) in [6.45, 7) is 4.22. The van der Waals surface area contributed by atoms with Gasteiger partial charge in [0.1, 0.15) is 6.07 Å². The van der Waals surface area contributed by atoms with Crippen molar-refractivity contribution in [3.8, 4) is 6.07 Å². The SMILES string of the molecule is CC(C)N(C)C(=O)CN(C)c1ccccc1C#N. The molecule has 0 N–H and O–H groups in total. The quantitative estimate of drug-likeness (QED) is 0.813. The molecule has 0 heterocycles. The van der Waals surface area contributed by atoms with Gasteiger partial charge in [0.2, 0.25) is 5.91 Å². The zero-order valence-electron chi connectivity index (χ0n) is 11.3. The number of hydrogen-bond acceptors (Lipinski definition) is 3. The first-order valence-electron chi connectivity index (χ1n) is 5.93. The van der Waals surface area contributed by atoms with Crippen molar-refractivity contribution in [2.24, 2.45) is 0 Å². The highest BCUT2D eigenvalue weighted by molar-refractivity contribution is 5.82. The van der Waals surface area contributed by atoms with Crippen LogP contribution in [-0.2, 0) is 4.79 Å². The second-order valence-corrected chi connectivity index (χ2v) is 4.58. The predicted octanol–water partition coefficient (Wildman–Crippen LogP) is 1.86. The summed E-state index contributed by atoms with van der Waals surface area (Å²) in [6, 6.07) is 9.60. The Labute approximate surface area is 108 Å². The Kier molecular flexibility index (Phi) is 4.73. The lowest BCUT2D eigenvalue weighted by atomic mass is 10.2. The van der Waals surface area contributed by atoms with Gasteiger partial charge in [-0.05, 0) is 26.0 Å². The maximum atomic E-state index is 12.0. The maximum Gasteiger partial charge on any atom is 0.242 e. The van der Waals surface area contributed by atoms with Gasteiger partial charge < -0.3 is 9.80 Å². The third-order valence-electron chi connectivity index (χ3n) is 2.98. The lowest BCUT2D eigenvalue weighted by Crippen LogP contribution is -2.40. The number of para-hydroxylation sites is 1. The van der Waals surface area contributed by atoms with Crippen molar-refractivity contribution in [2.75, 3.05) is 25.5 Å². The molecular formula is C14H19N3O. The fourth-order valence-electron chi connectivity index (χ4n) is 1.59. The number of likely N-dealkylation sites (N-methyl/N-ethyl adjacent to an activating group) is 2. The average molecular weight is 245 g/mol. The van der Waals surface area contributed by atoms with Gasteiger partial charge in [-0.1, -0.05) is 12.1 Å². The third-order valence-corrected chi connectivity index (χ3v) is 2.98. The predicted molar refractivity (Wildman–Crippen MR) is 72.3 cm³/mol. The van der Waals surface area contributed by atoms with E-state index in [0.29, 0.717) is 5.56 Å². The van der Waals surface area contributed by atoms with E-state index >= 15 is 0 Å². The van der Waals surface area contributed by atoms with E-state index in [2.05, 4.69) is 6.07 Å². The topological polar surface area (TPSA) is 47.3 Å². The largest absolute Gasteiger partial charge is 0.364 e. The normalized spacial score (nSPS) is 10.0. The summed E-state index contributed by atoms with van der Waals surface area (Å²) in [4.78, 5) is 15.5. The number of amides is 1. The van der Waals surface area contributed by atoms with Crippen molar-refractivity contribution in [2.45, 2.75) is 19.9 Å². The van der Waals surface area contributed by atoms with Gasteiger partial charge in [-0.3, -0.25) is 4.79 Å². The third kappa shape index (κ3) is 3.24. The highest BCUT2D eigenvalue weighted by atomic mass is 16.2. The van der Waals surface area contributed by atoms with E-state index in [1.165, 1.54) is 0 Å². The van der Waals surface area contributed by atoms with Gasteiger partial charge in [-0.2, -0.15) is 5.26 Å². The molecular weight excluding hydrogens is 226 g/mol. The van der Waals surface area contributed by atoms with Crippen LogP contribution in [0.2, 0.25) is 0 Å². The van der Waals surface area contributed by atoms with Crippen molar-refractivity contribution in [1.29, 1.82) is 5.26 Å². The second kappa shape index (κ2) is 6.06. The highest BCUT2D eigenvalue weighted by Crippen LogP contribution is 2.17. The van der Waals surface area contributed by atoms with Gasteiger partial charge in [0.15, 0.2) is 0 Å². The summed E-state index contributed by atoms with van der Waals surface area (Å²) in [6.07, 6.45) is 0. The van der Waals surface area contributed by atoms with Gasteiger partial charge in [-0.15, -0.1) is 0 Å². The molecule has 0 atom stereocenters. The molecule has 0 aliphatic rings. The molecule has 4 heteroatoms. The van der Waals surface area contributed by atoms with E-state index in [4.69, 9.17) is 5.26 Å². The number of nitrogens with zero attached hydrogens (tertiary/aromatic N) is 3. The Morgan fingerprint density at radius 2 is 1.94 bits per heavy atom. The van der Waals surface area contributed by atoms with E-state index in [1.54, 1.807) is 22.9 Å². The van der Waals surface area contributed by atoms with E-state index in [1.807, 2.05) is 39.1 Å². The van der Waals surface area contributed by atoms with Gasteiger partial charge in [0.25, 0.3) is 0 Å². The average Bonchev–Trinajstić information content (AvgIpc) is 2.37. The number of benzene rings is 1. The zero-order valence-corrected chi connectivity index (χ0v) is 11.3. The van der Waals surface area contributed by atoms with Gasteiger partial charge in [-0.25, -0.2) is 0 Å². The first kappa shape index (κ1) is 14.0. The number of nitriles is 1. The number of carbonyl (C=O) groups excluding carboxylic acids is 1. The monoisotopic (exact) mass is 245 g/mol. The summed E-state index contributed by atoms with van der Waals surface area (Å²) in [5.74, 6) is 0.0419. The molecule has 0 aliphatic carbocycles. The fourth-order valence-corrected chi connectivity index (χ4v) is 1.59. The van der Waals surface area contributed by atoms with Crippen LogP contribution in [0, 0.1) is 11.3 Å². The van der Waals surface area contributed by atoms with Gasteiger partial charge >= 0.3 is 0 Å². The molecule has 0 aliphatic heterocycles. The van der Waals surface area contributed by atoms with Crippen LogP contribution in [0.4, 0.5) is 5.69 Å². The van der Waals surface area contributed by atoms with Crippen LogP contribution in [-0.4, -0.2) is 37.5 Å². The molecule has 96 valence electrons. The number of hydrogen-bond donors (Lipinski definition) is 0. The molecule has 1 amide bonds. The van der Waals surface area contributed by atoms with Gasteiger partial charge in [0.05, 0.1) is 17.8 Å². The molecule has 1 aromatic carbocycles. The first-order valence-corrected chi connectivity index (χ1v) is 5.93. The van der Waals surface area contributed by atoms with Crippen molar-refractivity contribution in [3.05, 3.63) is 29.8 Å². The molecule has 1 aromatic rings. The van der Waals surface area contributed by atoms with E-state index in [9.17, 15) is 4.79 Å². The Morgan fingerprint density at radius 3 is 2.50 bits per heavy atom. The number of carbonyl (C=O) groups is 1. The molecule has 0 saturated heterocycles. The zero-order chi connectivity index (χ0) is 13.7. The standard InChI is InChI=1S/C14H19N3O/c1-11(2)17(4)14(18)10-16(3)13-8-6-5-7-12(13)9-15/h5-8,11H,10H2,1-4H3. The van der Waals surface area contributed by atoms with Crippen molar-refractivity contribution >= 4 is 11.6 Å². The Balaban J connectivity index is 2.80. The van der Waals surface area contributed by atoms with Crippen LogP contribution in [0.3, 0.4) is 0 Å². The molecule has 0 bridgehead atoms. The van der Waals surface area contributed by atoms with Crippen LogP contribution in [0.5, 0.6) is 0 Å². The molecule has 0 fully saturated rings. The molecule has 1 rings (SSSR count). The maximum absolute atomic E-state index is 12.0. The van der Waals surface area contributed by atoms with E-state index < -0.39 is 0 Å². The van der Waals surface area contributed by atoms with E-state index in [-0.39, 0.29) is 18.5 Å². The van der Waals surface area contributed by atoms with Crippen LogP contribution >= 0.6 is 0 Å². The number of anilines is 1. The molecule has 0 saturated carbocycles. The lowest BCUT2D eigenvalue weighted by Gasteiger charge is -2.26. The summed E-state index contributed by atoms with van der Waals surface area (Å²) in [5.41, 5.74) is 1.37. The Morgan fingerprint density at radius 1 is 1.33 bits per heavy atom. The Bertz CT molecular complexity index is 462. The number of rotatable bonds is 4. The van der Waals surface area contributed by atoms with Crippen molar-refractivity contribution in [1.82, 2.24) is 4.90 Å². The molecule has 0 unspecified atom stereocenters. The summed E-state index contributed by atoms with van der Waals surface area (Å²) < 4.78 is 0. The lowest BCUT2D eigenvalue weighted by molar-refractivity contribution is -0.129. The molecule has 0 spiro atoms. The minimum Gasteiger partial charge on any atom is -0.364 e. The molecule has 4 nitrogen and oxygen atoms in total. The van der Waals surface area contributed by atoms with Crippen LogP contribution in [0.15, 0.2) is 24.3 Å². The minimum atomic E-state index is 0.0419. The van der Waals surface area contributed by atoms with Crippen molar-refractivity contribution in [3.63, 3.8) is 0 Å². The molecule has 0 radical (unpaired) electrons. The minimum absolute atomic E-state index is 0.0419. The van der Waals surface area contributed by atoms with E-state index in [0.717, 1.165) is 5.69 Å². The summed E-state index contributed by atoms with van der Waals surface area (Å²) >= 11 is 0. The molecule has 0 aromatic heterocycles. The summed E-state index contributed by atoms with van der Waals surface area (Å²) in [5, 5.41) is 9.03. The fraction of sp³-hybridized carbons (Fsp3) is 0.429. The second-order valence-electron chi connectivity index (χ2n) is 4.58. The van der Waals surface area contributed by atoms with Gasteiger partial charge in [0, 0.05) is 20.1 Å². The molecule has 18 heavy (non-hydrogen) atoms. The first-order chi connectivity index (χ1) is 8.47.